The van der Waals surface area contributed by atoms with Gasteiger partial charge in [0.25, 0.3) is 0 Å². The highest BCUT2D eigenvalue weighted by molar-refractivity contribution is 6.01. The Morgan fingerprint density at radius 3 is 2.40 bits per heavy atom. The molecule has 288 valence electrons. The molecule has 0 spiro atoms. The van der Waals surface area contributed by atoms with Gasteiger partial charge >= 0.3 is 0 Å². The van der Waals surface area contributed by atoms with E-state index in [-0.39, 0.29) is 35.2 Å². The summed E-state index contributed by atoms with van der Waals surface area (Å²) in [5.41, 5.74) is 4.25. The zero-order valence-electron chi connectivity index (χ0n) is 31.3. The van der Waals surface area contributed by atoms with Gasteiger partial charge in [0.2, 0.25) is 17.7 Å². The molecule has 2 N–H and O–H groups in total. The van der Waals surface area contributed by atoms with E-state index in [1.165, 1.54) is 12.3 Å². The van der Waals surface area contributed by atoms with E-state index in [1.807, 2.05) is 53.9 Å². The first-order valence-corrected chi connectivity index (χ1v) is 19.0. The number of carbonyl (C=O) groups is 3. The molecule has 3 fully saturated rings. The second-order valence-electron chi connectivity index (χ2n) is 14.0. The third-order valence-electron chi connectivity index (χ3n) is 10.6. The highest BCUT2D eigenvalue weighted by Gasteiger charge is 2.29. The number of aromatic nitrogens is 5. The van der Waals surface area contributed by atoms with Crippen LogP contribution in [0.1, 0.15) is 62.6 Å². The topological polar surface area (TPSA) is 133 Å². The van der Waals surface area contributed by atoms with E-state index in [9.17, 15) is 23.2 Å². The van der Waals surface area contributed by atoms with Crippen LogP contribution in [0.15, 0.2) is 67.4 Å². The van der Waals surface area contributed by atoms with Crippen molar-refractivity contribution in [1.29, 1.82) is 0 Å². The van der Waals surface area contributed by atoms with Crippen LogP contribution in [0, 0.1) is 18.6 Å². The molecule has 0 radical (unpaired) electrons. The summed E-state index contributed by atoms with van der Waals surface area (Å²) >= 11 is 0. The molecule has 5 aromatic rings. The maximum absolute atomic E-state index is 14.7. The molecule has 3 aliphatic rings. The molecule has 0 aliphatic carbocycles. The van der Waals surface area contributed by atoms with Gasteiger partial charge in [-0.25, -0.2) is 18.7 Å². The van der Waals surface area contributed by atoms with Gasteiger partial charge in [-0.2, -0.15) is 5.10 Å². The fourth-order valence-electron chi connectivity index (χ4n) is 7.56. The predicted molar refractivity (Wildman–Crippen MR) is 205 cm³/mol. The van der Waals surface area contributed by atoms with Gasteiger partial charge < -0.3 is 15.1 Å². The molecule has 0 saturated carbocycles. The first-order chi connectivity index (χ1) is 26.7. The Kier molecular flexibility index (Phi) is 11.2. The molecule has 0 bridgehead atoms. The van der Waals surface area contributed by atoms with E-state index in [2.05, 4.69) is 35.5 Å². The monoisotopic (exact) mass is 752 g/mol. The normalized spacial score (nSPS) is 18.2. The van der Waals surface area contributed by atoms with Crippen molar-refractivity contribution < 1.29 is 23.2 Å². The number of imidazole rings is 1. The van der Waals surface area contributed by atoms with E-state index in [4.69, 9.17) is 0 Å². The Hall–Kier alpha value is -5.70. The fraction of sp³-hybridized carbons (Fsp3) is 0.400. The summed E-state index contributed by atoms with van der Waals surface area (Å²) in [6.07, 6.45) is 11.0. The van der Waals surface area contributed by atoms with Gasteiger partial charge in [-0.05, 0) is 55.5 Å². The highest BCUT2D eigenvalue weighted by atomic mass is 19.1. The lowest BCUT2D eigenvalue weighted by Gasteiger charge is -2.38. The minimum Gasteiger partial charge on any atom is -0.369 e. The van der Waals surface area contributed by atoms with Crippen LogP contribution < -0.4 is 15.5 Å². The first kappa shape index (κ1) is 37.6. The number of fused-ring (bicyclic) bond motifs is 1. The van der Waals surface area contributed by atoms with Gasteiger partial charge in [-0.1, -0.05) is 26.0 Å². The standard InChI is InChI=1S/C38H40F2N10O3.C2H6/c1-24-18-30(32(40)19-31(24)39)33-21-42-36(37-41-10-13-49(33)37)44-26-20-43-50(22-26)28-8-11-48(12-9-28)35(52)23-46-14-16-47(17-15-46)27-4-2-25(3-5-27)29-6-7-34(51)45-38(29)53;1-2/h2-5,10,13,18-22,28-29H,6-9,11-12,14-17,23H2,1H3,(H,42,44)(H,45,51,53);1-2H3. The Morgan fingerprint density at radius 2 is 1.67 bits per heavy atom. The van der Waals surface area contributed by atoms with Crippen LogP contribution in [0.5, 0.6) is 0 Å². The quantitative estimate of drug-likeness (QED) is 0.199. The zero-order chi connectivity index (χ0) is 38.6. The largest absolute Gasteiger partial charge is 0.369 e. The predicted octanol–water partition coefficient (Wildman–Crippen LogP) is 5.46. The average molecular weight is 753 g/mol. The molecule has 2 aromatic carbocycles. The van der Waals surface area contributed by atoms with E-state index < -0.39 is 11.6 Å². The van der Waals surface area contributed by atoms with Crippen molar-refractivity contribution in [2.45, 2.75) is 58.4 Å². The van der Waals surface area contributed by atoms with Crippen molar-refractivity contribution in [3.63, 3.8) is 0 Å². The number of imide groups is 1. The number of nitrogens with one attached hydrogen (secondary N) is 2. The second-order valence-corrected chi connectivity index (χ2v) is 14.0. The van der Waals surface area contributed by atoms with Gasteiger partial charge in [0.1, 0.15) is 11.6 Å². The SMILES string of the molecule is CC.Cc1cc(-c2cnc(Nc3cnn(C4CCN(C(=O)CN5CCN(c6ccc(C7CCC(=O)NC7=O)cc6)CC5)CC4)c3)c3nccn23)c(F)cc1F. The lowest BCUT2D eigenvalue weighted by atomic mass is 9.90. The third kappa shape index (κ3) is 8.07. The van der Waals surface area contributed by atoms with Crippen LogP contribution in [0.25, 0.3) is 16.9 Å². The molecule has 1 unspecified atom stereocenters. The number of hydrogen-bond acceptors (Lipinski definition) is 9. The molecule has 55 heavy (non-hydrogen) atoms. The lowest BCUT2D eigenvalue weighted by molar-refractivity contribution is -0.135. The maximum Gasteiger partial charge on any atom is 0.236 e. The zero-order valence-corrected chi connectivity index (χ0v) is 31.3. The molecular weight excluding hydrogens is 707 g/mol. The summed E-state index contributed by atoms with van der Waals surface area (Å²) < 4.78 is 32.3. The average Bonchev–Trinajstić information content (AvgIpc) is 3.89. The number of anilines is 3. The molecule has 15 heteroatoms. The van der Waals surface area contributed by atoms with Gasteiger partial charge in [-0.15, -0.1) is 0 Å². The number of likely N-dealkylation sites (tertiary alicyclic amines) is 1. The number of benzene rings is 2. The Balaban J connectivity index is 0.00000229. The first-order valence-electron chi connectivity index (χ1n) is 19.0. The van der Waals surface area contributed by atoms with Crippen LogP contribution in [0.4, 0.5) is 26.0 Å². The van der Waals surface area contributed by atoms with Crippen molar-refractivity contribution >= 4 is 40.6 Å². The number of carbonyl (C=O) groups excluding carboxylic acids is 3. The number of aryl methyl sites for hydroxylation is 1. The third-order valence-corrected chi connectivity index (χ3v) is 10.6. The summed E-state index contributed by atoms with van der Waals surface area (Å²) in [6.45, 7) is 10.5. The number of nitrogens with zero attached hydrogens (tertiary/aromatic N) is 8. The van der Waals surface area contributed by atoms with E-state index >= 15 is 0 Å². The van der Waals surface area contributed by atoms with Gasteiger partial charge in [-0.3, -0.25) is 33.7 Å². The molecule has 3 saturated heterocycles. The summed E-state index contributed by atoms with van der Waals surface area (Å²) in [6, 6.07) is 10.5. The van der Waals surface area contributed by atoms with Crippen molar-refractivity contribution in [3.05, 3.63) is 90.1 Å². The van der Waals surface area contributed by atoms with Crippen LogP contribution in [0.3, 0.4) is 0 Å². The van der Waals surface area contributed by atoms with Crippen molar-refractivity contribution in [2.75, 3.05) is 56.0 Å². The maximum atomic E-state index is 14.7. The van der Waals surface area contributed by atoms with Crippen molar-refractivity contribution in [1.82, 2.24) is 39.3 Å². The molecular formula is C40H46F2N10O3. The van der Waals surface area contributed by atoms with Crippen LogP contribution >= 0.6 is 0 Å². The Morgan fingerprint density at radius 1 is 0.927 bits per heavy atom. The van der Waals surface area contributed by atoms with Gasteiger partial charge in [0, 0.05) is 81.6 Å². The number of hydrogen-bond donors (Lipinski definition) is 2. The molecule has 3 amide bonds. The molecule has 6 heterocycles. The molecule has 1 atom stereocenters. The minimum absolute atomic E-state index is 0.141. The van der Waals surface area contributed by atoms with E-state index in [1.54, 1.807) is 29.9 Å². The van der Waals surface area contributed by atoms with Crippen LogP contribution in [-0.2, 0) is 14.4 Å². The fourth-order valence-corrected chi connectivity index (χ4v) is 7.56. The van der Waals surface area contributed by atoms with E-state index in [0.717, 1.165) is 62.0 Å². The van der Waals surface area contributed by atoms with Crippen LogP contribution in [-0.4, -0.2) is 97.5 Å². The summed E-state index contributed by atoms with van der Waals surface area (Å²) in [5.74, 6) is -1.39. The van der Waals surface area contributed by atoms with Crippen molar-refractivity contribution in [2.24, 2.45) is 0 Å². The summed E-state index contributed by atoms with van der Waals surface area (Å²) in [5, 5.41) is 10.3. The second kappa shape index (κ2) is 16.3. The summed E-state index contributed by atoms with van der Waals surface area (Å²) in [4.78, 5) is 52.4. The molecule has 3 aliphatic heterocycles. The van der Waals surface area contributed by atoms with E-state index in [0.29, 0.717) is 55.2 Å². The molecule has 3 aromatic heterocycles. The number of halogens is 2. The number of amides is 3. The molecule has 13 nitrogen and oxygen atoms in total. The number of piperazine rings is 1. The highest BCUT2D eigenvalue weighted by Crippen LogP contribution is 2.31. The Labute approximate surface area is 318 Å². The Bertz CT molecular complexity index is 2170. The number of rotatable bonds is 8. The lowest BCUT2D eigenvalue weighted by Crippen LogP contribution is -2.51. The number of piperidine rings is 2. The minimum atomic E-state index is -0.674. The molecule has 8 rings (SSSR count). The van der Waals surface area contributed by atoms with Gasteiger partial charge in [0.15, 0.2) is 11.5 Å². The smallest absolute Gasteiger partial charge is 0.236 e. The van der Waals surface area contributed by atoms with Crippen molar-refractivity contribution in [3.8, 4) is 11.3 Å². The summed E-state index contributed by atoms with van der Waals surface area (Å²) in [7, 11) is 0. The van der Waals surface area contributed by atoms with Crippen LogP contribution in [0.2, 0.25) is 0 Å². The van der Waals surface area contributed by atoms with Gasteiger partial charge in [0.05, 0.1) is 42.3 Å².